The summed E-state index contributed by atoms with van der Waals surface area (Å²) >= 11 is 6.22. The highest BCUT2D eigenvalue weighted by Crippen LogP contribution is 2.47. The van der Waals surface area contributed by atoms with Crippen LogP contribution < -0.4 is 0 Å². The molecule has 1 amide bonds. The molecule has 0 bridgehead atoms. The number of aromatic nitrogens is 3. The summed E-state index contributed by atoms with van der Waals surface area (Å²) in [6.45, 7) is 0.484. The molecule has 0 spiro atoms. The second kappa shape index (κ2) is 7.11. The maximum Gasteiger partial charge on any atom is 0.290 e. The average Bonchev–Trinajstić information content (AvgIpc) is 3.11. The Balaban J connectivity index is 1.51. The van der Waals surface area contributed by atoms with Crippen molar-refractivity contribution < 1.29 is 9.90 Å². The smallest absolute Gasteiger partial charge is 0.290 e. The molecule has 1 saturated carbocycles. The summed E-state index contributed by atoms with van der Waals surface area (Å²) in [7, 11) is 0. The lowest BCUT2D eigenvalue weighted by molar-refractivity contribution is -0.110. The molecule has 2 fully saturated rings. The normalized spacial score (nSPS) is 27.0. The average molecular weight is 411 g/mol. The van der Waals surface area contributed by atoms with E-state index >= 15 is 0 Å². The van der Waals surface area contributed by atoms with Crippen molar-refractivity contribution in [1.29, 1.82) is 0 Å². The van der Waals surface area contributed by atoms with Crippen molar-refractivity contribution in [3.63, 3.8) is 0 Å². The molecule has 1 aliphatic heterocycles. The maximum atomic E-state index is 13.5. The van der Waals surface area contributed by atoms with Crippen LogP contribution in [0.5, 0.6) is 0 Å². The number of hydrogen-bond donors (Lipinski definition) is 1. The van der Waals surface area contributed by atoms with Crippen LogP contribution in [-0.4, -0.2) is 42.9 Å². The molecule has 2 aliphatic rings. The molecule has 6 nitrogen and oxygen atoms in total. The number of piperidine rings is 1. The first-order chi connectivity index (χ1) is 14.1. The molecule has 3 atom stereocenters. The van der Waals surface area contributed by atoms with E-state index in [1.165, 1.54) is 0 Å². The first-order valence-corrected chi connectivity index (χ1v) is 10.5. The maximum absolute atomic E-state index is 13.5. The number of carbonyl (C=O) groups is 1. The van der Waals surface area contributed by atoms with Gasteiger partial charge in [-0.1, -0.05) is 54.8 Å². The topological polar surface area (TPSA) is 70.7 Å². The number of amides is 1. The number of halogens is 1. The zero-order chi connectivity index (χ0) is 20.0. The van der Waals surface area contributed by atoms with Crippen molar-refractivity contribution in [2.45, 2.75) is 43.7 Å². The number of imidazole rings is 1. The van der Waals surface area contributed by atoms with Crippen LogP contribution in [-0.2, 0) is 5.60 Å². The minimum atomic E-state index is -0.906. The fourth-order valence-electron chi connectivity index (χ4n) is 5.19. The summed E-state index contributed by atoms with van der Waals surface area (Å²) < 4.78 is 1.65. The summed E-state index contributed by atoms with van der Waals surface area (Å²) in [6.07, 6.45) is 7.83. The number of carbonyl (C=O) groups excluding carboxylic acids is 1. The van der Waals surface area contributed by atoms with E-state index in [1.54, 1.807) is 22.9 Å². The van der Waals surface area contributed by atoms with Crippen LogP contribution in [0.3, 0.4) is 0 Å². The van der Waals surface area contributed by atoms with Crippen molar-refractivity contribution in [2.75, 3.05) is 6.54 Å². The lowest BCUT2D eigenvalue weighted by Crippen LogP contribution is -2.59. The molecule has 3 heterocycles. The predicted molar refractivity (Wildman–Crippen MR) is 110 cm³/mol. The van der Waals surface area contributed by atoms with Crippen LogP contribution in [0.4, 0.5) is 0 Å². The van der Waals surface area contributed by atoms with E-state index in [-0.39, 0.29) is 28.8 Å². The van der Waals surface area contributed by atoms with Gasteiger partial charge in [-0.25, -0.2) is 9.97 Å². The van der Waals surface area contributed by atoms with Gasteiger partial charge in [-0.3, -0.25) is 9.20 Å². The van der Waals surface area contributed by atoms with Gasteiger partial charge in [0.1, 0.15) is 0 Å². The molecule has 150 valence electrons. The number of fused-ring (bicyclic) bond motifs is 2. The predicted octanol–water partition coefficient (Wildman–Crippen LogP) is 3.68. The second-order valence-corrected chi connectivity index (χ2v) is 8.39. The summed E-state index contributed by atoms with van der Waals surface area (Å²) in [5.41, 5.74) is 0.523. The molecule has 1 aliphatic carbocycles. The van der Waals surface area contributed by atoms with Crippen LogP contribution in [0, 0.1) is 5.92 Å². The van der Waals surface area contributed by atoms with Gasteiger partial charge in [0.25, 0.3) is 5.91 Å². The quantitative estimate of drug-likeness (QED) is 0.699. The van der Waals surface area contributed by atoms with Gasteiger partial charge in [0.15, 0.2) is 10.8 Å². The van der Waals surface area contributed by atoms with Gasteiger partial charge in [0.05, 0.1) is 5.60 Å². The molecule has 2 aromatic heterocycles. The number of benzene rings is 1. The Morgan fingerprint density at radius 1 is 1.17 bits per heavy atom. The Labute approximate surface area is 174 Å². The monoisotopic (exact) mass is 410 g/mol. The molecule has 3 aromatic rings. The number of likely N-dealkylation sites (tertiary alicyclic amines) is 1. The van der Waals surface area contributed by atoms with E-state index in [0.29, 0.717) is 18.6 Å². The number of hydrogen-bond acceptors (Lipinski definition) is 4. The van der Waals surface area contributed by atoms with E-state index < -0.39 is 5.60 Å². The standard InChI is InChI=1S/C22H23ClN4O2/c23-18-19-24-12-6-13-27(19)20(25-18)21(28)26-14-11-22(29,15-7-2-1-3-8-15)16-9-4-5-10-17(16)26/h1-3,6-8,12-13,16-17,29H,4-5,9-11,14H2. The summed E-state index contributed by atoms with van der Waals surface area (Å²) in [4.78, 5) is 23.9. The Hall–Kier alpha value is -2.44. The molecule has 1 aromatic carbocycles. The zero-order valence-corrected chi connectivity index (χ0v) is 16.8. The van der Waals surface area contributed by atoms with Gasteiger partial charge >= 0.3 is 0 Å². The van der Waals surface area contributed by atoms with Crippen LogP contribution in [0.2, 0.25) is 5.15 Å². The molecule has 1 saturated heterocycles. The lowest BCUT2D eigenvalue weighted by atomic mass is 9.66. The fourth-order valence-corrected chi connectivity index (χ4v) is 5.41. The number of aliphatic hydroxyl groups is 1. The molecule has 5 rings (SSSR count). The first-order valence-electron chi connectivity index (χ1n) is 10.2. The molecular formula is C22H23ClN4O2. The zero-order valence-electron chi connectivity index (χ0n) is 16.0. The molecule has 7 heteroatoms. The van der Waals surface area contributed by atoms with Gasteiger partial charge in [-0.2, -0.15) is 0 Å². The summed E-state index contributed by atoms with van der Waals surface area (Å²) in [5.74, 6) is 0.149. The fraction of sp³-hybridized carbons (Fsp3) is 0.409. The number of rotatable bonds is 2. The van der Waals surface area contributed by atoms with Crippen LogP contribution in [0.1, 0.15) is 48.3 Å². The Morgan fingerprint density at radius 3 is 2.79 bits per heavy atom. The van der Waals surface area contributed by atoms with Gasteiger partial charge < -0.3 is 10.0 Å². The van der Waals surface area contributed by atoms with Gasteiger partial charge in [0, 0.05) is 30.9 Å². The van der Waals surface area contributed by atoms with Crippen molar-refractivity contribution in [2.24, 2.45) is 5.92 Å². The van der Waals surface area contributed by atoms with Gasteiger partial charge in [-0.05, 0) is 30.9 Å². The SMILES string of the molecule is O=C(c1nc(Cl)c2ncccn12)N1CCC(O)(c2ccccc2)C2CCCCC21. The van der Waals surface area contributed by atoms with Crippen molar-refractivity contribution in [1.82, 2.24) is 19.3 Å². The molecular weight excluding hydrogens is 388 g/mol. The molecule has 29 heavy (non-hydrogen) atoms. The van der Waals surface area contributed by atoms with Crippen molar-refractivity contribution in [3.05, 3.63) is 65.3 Å². The highest BCUT2D eigenvalue weighted by molar-refractivity contribution is 6.32. The number of nitrogens with zero attached hydrogens (tertiary/aromatic N) is 4. The van der Waals surface area contributed by atoms with E-state index in [2.05, 4.69) is 9.97 Å². The Morgan fingerprint density at radius 2 is 1.97 bits per heavy atom. The van der Waals surface area contributed by atoms with Gasteiger partial charge in [-0.15, -0.1) is 0 Å². The van der Waals surface area contributed by atoms with E-state index in [9.17, 15) is 9.90 Å². The van der Waals surface area contributed by atoms with Crippen molar-refractivity contribution in [3.8, 4) is 0 Å². The van der Waals surface area contributed by atoms with E-state index in [1.807, 2.05) is 35.2 Å². The van der Waals surface area contributed by atoms with Crippen molar-refractivity contribution >= 4 is 23.2 Å². The minimum absolute atomic E-state index is 0.0103. The van der Waals surface area contributed by atoms with E-state index in [4.69, 9.17) is 11.6 Å². The largest absolute Gasteiger partial charge is 0.385 e. The van der Waals surface area contributed by atoms with Crippen LogP contribution in [0.25, 0.3) is 5.65 Å². The third-order valence-electron chi connectivity index (χ3n) is 6.57. The first kappa shape index (κ1) is 18.6. The third kappa shape index (κ3) is 2.93. The lowest BCUT2D eigenvalue weighted by Gasteiger charge is -2.52. The highest BCUT2D eigenvalue weighted by Gasteiger charge is 2.50. The second-order valence-electron chi connectivity index (χ2n) is 8.04. The van der Waals surface area contributed by atoms with Crippen LogP contribution in [0.15, 0.2) is 48.8 Å². The molecule has 0 radical (unpaired) electrons. The Kier molecular flexibility index (Phi) is 4.56. The minimum Gasteiger partial charge on any atom is -0.385 e. The highest BCUT2D eigenvalue weighted by atomic mass is 35.5. The molecule has 3 unspecified atom stereocenters. The van der Waals surface area contributed by atoms with Crippen LogP contribution >= 0.6 is 11.6 Å². The summed E-state index contributed by atoms with van der Waals surface area (Å²) in [6, 6.07) is 11.6. The Bertz CT molecular complexity index is 1050. The van der Waals surface area contributed by atoms with Gasteiger partial charge in [0.2, 0.25) is 5.82 Å². The summed E-state index contributed by atoms with van der Waals surface area (Å²) in [5, 5.41) is 11.9. The molecule has 1 N–H and O–H groups in total. The van der Waals surface area contributed by atoms with E-state index in [0.717, 1.165) is 31.2 Å². The third-order valence-corrected chi connectivity index (χ3v) is 6.82.